The van der Waals surface area contributed by atoms with Gasteiger partial charge in [0.2, 0.25) is 0 Å². The van der Waals surface area contributed by atoms with Crippen LogP contribution in [0, 0.1) is 6.92 Å². The van der Waals surface area contributed by atoms with Gasteiger partial charge in [0.1, 0.15) is 0 Å². The number of pyridine rings is 1. The number of anilines is 1. The van der Waals surface area contributed by atoms with Gasteiger partial charge in [-0.05, 0) is 13.0 Å². The van der Waals surface area contributed by atoms with E-state index < -0.39 is 6.03 Å². The Kier molecular flexibility index (Phi) is 2.14. The Morgan fingerprint density at radius 2 is 2.33 bits per heavy atom. The molecule has 0 atom stereocenters. The van der Waals surface area contributed by atoms with E-state index in [0.717, 1.165) is 0 Å². The number of nitrogens with one attached hydrogen (secondary N) is 2. The molecule has 0 aliphatic heterocycles. The van der Waals surface area contributed by atoms with Crippen molar-refractivity contribution in [3.05, 3.63) is 28.2 Å². The molecule has 5 nitrogen and oxygen atoms in total. The lowest BCUT2D eigenvalue weighted by atomic mass is 10.3. The third-order valence-electron chi connectivity index (χ3n) is 1.36. The highest BCUT2D eigenvalue weighted by Crippen LogP contribution is 2.02. The summed E-state index contributed by atoms with van der Waals surface area (Å²) in [6, 6.07) is 0.894. The van der Waals surface area contributed by atoms with Crippen molar-refractivity contribution in [2.75, 3.05) is 5.32 Å². The van der Waals surface area contributed by atoms with Crippen molar-refractivity contribution in [1.82, 2.24) is 4.98 Å². The number of H-pyrrole nitrogens is 1. The molecule has 1 rings (SSSR count). The average Bonchev–Trinajstić information content (AvgIpc) is 1.96. The van der Waals surface area contributed by atoms with Gasteiger partial charge in [-0.1, -0.05) is 0 Å². The molecule has 4 N–H and O–H groups in total. The topological polar surface area (TPSA) is 88.0 Å². The van der Waals surface area contributed by atoms with E-state index in [1.165, 1.54) is 6.20 Å². The van der Waals surface area contributed by atoms with E-state index in [1.54, 1.807) is 13.0 Å². The predicted octanol–water partition coefficient (Wildman–Crippen LogP) is 0.174. The van der Waals surface area contributed by atoms with Gasteiger partial charge in [-0.2, -0.15) is 0 Å². The summed E-state index contributed by atoms with van der Waals surface area (Å²) < 4.78 is 0. The van der Waals surface area contributed by atoms with Gasteiger partial charge in [-0.15, -0.1) is 0 Å². The first-order valence-corrected chi connectivity index (χ1v) is 3.35. The van der Waals surface area contributed by atoms with Gasteiger partial charge >= 0.3 is 6.03 Å². The van der Waals surface area contributed by atoms with Crippen molar-refractivity contribution in [2.45, 2.75) is 6.92 Å². The number of rotatable bonds is 1. The molecule has 0 fully saturated rings. The van der Waals surface area contributed by atoms with Crippen molar-refractivity contribution < 1.29 is 4.79 Å². The highest BCUT2D eigenvalue weighted by atomic mass is 16.2. The molecule has 1 aromatic rings. The standard InChI is InChI=1S/C7H9N3O2/c1-4-2-5(10-7(8)12)3-9-6(4)11/h2-3H,1H3,(H,9,11)(H3,8,10,12). The van der Waals surface area contributed by atoms with E-state index in [4.69, 9.17) is 5.73 Å². The zero-order valence-electron chi connectivity index (χ0n) is 6.55. The molecule has 0 saturated carbocycles. The minimum Gasteiger partial charge on any atom is -0.351 e. The van der Waals surface area contributed by atoms with E-state index in [0.29, 0.717) is 11.3 Å². The molecule has 64 valence electrons. The smallest absolute Gasteiger partial charge is 0.316 e. The number of carbonyl (C=O) groups is 1. The second-order valence-corrected chi connectivity index (χ2v) is 2.39. The molecule has 1 heterocycles. The van der Waals surface area contributed by atoms with E-state index in [1.807, 2.05) is 0 Å². The van der Waals surface area contributed by atoms with Gasteiger partial charge in [0.15, 0.2) is 0 Å². The van der Waals surface area contributed by atoms with Gasteiger partial charge in [-0.3, -0.25) is 4.79 Å². The fraction of sp³-hybridized carbons (Fsp3) is 0.143. The summed E-state index contributed by atoms with van der Waals surface area (Å²) in [5.41, 5.74) is 5.71. The Morgan fingerprint density at radius 3 is 2.83 bits per heavy atom. The summed E-state index contributed by atoms with van der Waals surface area (Å²) >= 11 is 0. The van der Waals surface area contributed by atoms with Crippen molar-refractivity contribution in [3.63, 3.8) is 0 Å². The average molecular weight is 167 g/mol. The van der Waals surface area contributed by atoms with Crippen molar-refractivity contribution in [2.24, 2.45) is 5.73 Å². The Morgan fingerprint density at radius 1 is 1.67 bits per heavy atom. The number of nitrogens with two attached hydrogens (primary N) is 1. The van der Waals surface area contributed by atoms with E-state index >= 15 is 0 Å². The number of hydrogen-bond acceptors (Lipinski definition) is 2. The monoisotopic (exact) mass is 167 g/mol. The largest absolute Gasteiger partial charge is 0.351 e. The van der Waals surface area contributed by atoms with Crippen LogP contribution in [0.5, 0.6) is 0 Å². The second-order valence-electron chi connectivity index (χ2n) is 2.39. The molecule has 5 heteroatoms. The fourth-order valence-corrected chi connectivity index (χ4v) is 0.812. The number of hydrogen-bond donors (Lipinski definition) is 3. The molecule has 0 saturated heterocycles. The minimum absolute atomic E-state index is 0.176. The third-order valence-corrected chi connectivity index (χ3v) is 1.36. The Bertz CT molecular complexity index is 356. The van der Waals surface area contributed by atoms with Crippen LogP contribution in [0.1, 0.15) is 5.56 Å². The predicted molar refractivity (Wildman–Crippen MR) is 45.0 cm³/mol. The number of carbonyl (C=O) groups excluding carboxylic acids is 1. The lowest BCUT2D eigenvalue weighted by Crippen LogP contribution is -2.20. The number of amides is 2. The van der Waals surface area contributed by atoms with Crippen LogP contribution in [0.25, 0.3) is 0 Å². The van der Waals surface area contributed by atoms with Crippen LogP contribution in [-0.4, -0.2) is 11.0 Å². The lowest BCUT2D eigenvalue weighted by Gasteiger charge is -2.00. The quantitative estimate of drug-likeness (QED) is 0.556. The van der Waals surface area contributed by atoms with Crippen LogP contribution in [0.4, 0.5) is 10.5 Å². The molecule has 0 aliphatic carbocycles. The molecule has 2 amide bonds. The van der Waals surface area contributed by atoms with E-state index in [-0.39, 0.29) is 5.56 Å². The SMILES string of the molecule is Cc1cc(NC(N)=O)c[nH]c1=O. The van der Waals surface area contributed by atoms with Crippen LogP contribution in [0.3, 0.4) is 0 Å². The van der Waals surface area contributed by atoms with Crippen LogP contribution in [0.2, 0.25) is 0 Å². The molecular formula is C7H9N3O2. The molecule has 1 aromatic heterocycles. The normalized spacial score (nSPS) is 9.42. The summed E-state index contributed by atoms with van der Waals surface area (Å²) in [6.07, 6.45) is 1.39. The van der Waals surface area contributed by atoms with Gasteiger partial charge in [0, 0.05) is 11.8 Å². The maximum atomic E-state index is 10.9. The number of urea groups is 1. The summed E-state index contributed by atoms with van der Waals surface area (Å²) in [6.45, 7) is 1.64. The van der Waals surface area contributed by atoms with Crippen LogP contribution < -0.4 is 16.6 Å². The first kappa shape index (κ1) is 8.32. The van der Waals surface area contributed by atoms with Crippen molar-refractivity contribution >= 4 is 11.7 Å². The molecule has 0 aromatic carbocycles. The summed E-state index contributed by atoms with van der Waals surface area (Å²) in [7, 11) is 0. The number of aromatic nitrogens is 1. The number of primary amides is 1. The summed E-state index contributed by atoms with van der Waals surface area (Å²) in [5, 5.41) is 2.34. The zero-order valence-corrected chi connectivity index (χ0v) is 6.55. The van der Waals surface area contributed by atoms with Crippen molar-refractivity contribution in [1.29, 1.82) is 0 Å². The Labute approximate surface area is 68.6 Å². The molecule has 0 aliphatic rings. The Balaban J connectivity index is 2.97. The van der Waals surface area contributed by atoms with Gasteiger partial charge < -0.3 is 16.0 Å². The molecule has 0 bridgehead atoms. The highest BCUT2D eigenvalue weighted by molar-refractivity contribution is 5.87. The Hall–Kier alpha value is -1.78. The van der Waals surface area contributed by atoms with Crippen LogP contribution in [-0.2, 0) is 0 Å². The molecule has 12 heavy (non-hydrogen) atoms. The van der Waals surface area contributed by atoms with Crippen LogP contribution >= 0.6 is 0 Å². The number of aromatic amines is 1. The summed E-state index contributed by atoms with van der Waals surface area (Å²) in [4.78, 5) is 23.7. The highest BCUT2D eigenvalue weighted by Gasteiger charge is 1.97. The first-order chi connectivity index (χ1) is 5.59. The van der Waals surface area contributed by atoms with E-state index in [2.05, 4.69) is 10.3 Å². The summed E-state index contributed by atoms with van der Waals surface area (Å²) in [5.74, 6) is 0. The number of aryl methyl sites for hydroxylation is 1. The third kappa shape index (κ3) is 1.85. The molecular weight excluding hydrogens is 158 g/mol. The maximum Gasteiger partial charge on any atom is 0.316 e. The van der Waals surface area contributed by atoms with Gasteiger partial charge in [-0.25, -0.2) is 4.79 Å². The van der Waals surface area contributed by atoms with Crippen LogP contribution in [0.15, 0.2) is 17.1 Å². The molecule has 0 spiro atoms. The maximum absolute atomic E-state index is 10.9. The first-order valence-electron chi connectivity index (χ1n) is 3.35. The second kappa shape index (κ2) is 3.08. The molecule has 0 radical (unpaired) electrons. The van der Waals surface area contributed by atoms with Crippen molar-refractivity contribution in [3.8, 4) is 0 Å². The minimum atomic E-state index is -0.651. The van der Waals surface area contributed by atoms with Gasteiger partial charge in [0.05, 0.1) is 5.69 Å². The van der Waals surface area contributed by atoms with E-state index in [9.17, 15) is 9.59 Å². The molecule has 0 unspecified atom stereocenters. The zero-order chi connectivity index (χ0) is 9.14. The lowest BCUT2D eigenvalue weighted by molar-refractivity contribution is 0.259. The fourth-order valence-electron chi connectivity index (χ4n) is 0.812. The van der Waals surface area contributed by atoms with Gasteiger partial charge in [0.25, 0.3) is 5.56 Å².